The zero-order valence-electron chi connectivity index (χ0n) is 16.7. The van der Waals surface area contributed by atoms with E-state index in [0.717, 1.165) is 16.8 Å². The van der Waals surface area contributed by atoms with Gasteiger partial charge in [-0.1, -0.05) is 11.6 Å². The van der Waals surface area contributed by atoms with Gasteiger partial charge in [-0.25, -0.2) is 24.1 Å². The summed E-state index contributed by atoms with van der Waals surface area (Å²) < 4.78 is 21.2. The van der Waals surface area contributed by atoms with Crippen molar-refractivity contribution in [3.05, 3.63) is 59.5 Å². The van der Waals surface area contributed by atoms with Gasteiger partial charge < -0.3 is 19.7 Å². The number of aliphatic hydroxyl groups is 1. The lowest BCUT2D eigenvalue weighted by atomic mass is 10.2. The molecule has 0 aliphatic carbocycles. The maximum absolute atomic E-state index is 14.4. The van der Waals surface area contributed by atoms with Crippen LogP contribution in [0.25, 0.3) is 5.69 Å². The standard InChI is InChI=1S/C20H20ClFN6O3/c1-11(16-8-27(10-24-16)14-5-3-13(21)4-6-14)25-19-23-7-15(22)18(26-19)28-17(12(2)29)9-31-20(28)30/h3-8,10-12,17,29H,9H2,1-2H3,(H,23,25,26)/t11-,12+,17?/m0/s1. The van der Waals surface area contributed by atoms with E-state index < -0.39 is 24.1 Å². The Morgan fingerprint density at radius 3 is 2.74 bits per heavy atom. The van der Waals surface area contributed by atoms with Gasteiger partial charge in [-0.15, -0.1) is 0 Å². The maximum Gasteiger partial charge on any atom is 0.416 e. The molecule has 9 nitrogen and oxygen atoms in total. The fourth-order valence-corrected chi connectivity index (χ4v) is 3.34. The van der Waals surface area contributed by atoms with Gasteiger partial charge in [0.05, 0.1) is 30.4 Å². The lowest BCUT2D eigenvalue weighted by molar-refractivity contribution is 0.142. The molecule has 1 aromatic carbocycles. The summed E-state index contributed by atoms with van der Waals surface area (Å²) in [6, 6.07) is 6.26. The first-order chi connectivity index (χ1) is 14.8. The predicted octanol–water partition coefficient (Wildman–Crippen LogP) is 3.33. The smallest absolute Gasteiger partial charge is 0.416 e. The summed E-state index contributed by atoms with van der Waals surface area (Å²) in [4.78, 5) is 25.6. The molecule has 3 heterocycles. The van der Waals surface area contributed by atoms with Gasteiger partial charge in [-0.05, 0) is 38.1 Å². The van der Waals surface area contributed by atoms with E-state index in [4.69, 9.17) is 16.3 Å². The van der Waals surface area contributed by atoms with Crippen molar-refractivity contribution in [1.82, 2.24) is 19.5 Å². The molecule has 2 aromatic heterocycles. The third-order valence-corrected chi connectivity index (χ3v) is 5.19. The maximum atomic E-state index is 14.4. The Morgan fingerprint density at radius 2 is 2.03 bits per heavy atom. The van der Waals surface area contributed by atoms with E-state index >= 15 is 0 Å². The largest absolute Gasteiger partial charge is 0.447 e. The van der Waals surface area contributed by atoms with Crippen LogP contribution in [0.15, 0.2) is 43.0 Å². The number of carbonyl (C=O) groups is 1. The van der Waals surface area contributed by atoms with E-state index in [2.05, 4.69) is 20.3 Å². The summed E-state index contributed by atoms with van der Waals surface area (Å²) >= 11 is 5.93. The number of imidazole rings is 1. The van der Waals surface area contributed by atoms with Crippen LogP contribution < -0.4 is 10.2 Å². The zero-order chi connectivity index (χ0) is 22.1. The molecule has 31 heavy (non-hydrogen) atoms. The first-order valence-electron chi connectivity index (χ1n) is 9.56. The second kappa shape index (κ2) is 8.48. The van der Waals surface area contributed by atoms with Crippen molar-refractivity contribution < 1.29 is 19.0 Å². The molecule has 162 valence electrons. The van der Waals surface area contributed by atoms with E-state index in [1.165, 1.54) is 6.92 Å². The van der Waals surface area contributed by atoms with Gasteiger partial charge in [-0.2, -0.15) is 4.98 Å². The molecule has 0 bridgehead atoms. The van der Waals surface area contributed by atoms with E-state index in [1.54, 1.807) is 18.5 Å². The van der Waals surface area contributed by atoms with Gasteiger partial charge in [0.1, 0.15) is 12.6 Å². The molecule has 3 aromatic rings. The second-order valence-electron chi connectivity index (χ2n) is 7.17. The Bertz CT molecular complexity index is 1090. The molecule has 1 saturated heterocycles. The lowest BCUT2D eigenvalue weighted by Gasteiger charge is -2.23. The second-order valence-corrected chi connectivity index (χ2v) is 7.60. The molecule has 1 fully saturated rings. The van der Waals surface area contributed by atoms with Crippen LogP contribution in [0.5, 0.6) is 0 Å². The molecule has 11 heteroatoms. The Labute approximate surface area is 182 Å². The minimum absolute atomic E-state index is 0.0543. The highest BCUT2D eigenvalue weighted by molar-refractivity contribution is 6.30. The van der Waals surface area contributed by atoms with Crippen molar-refractivity contribution in [2.45, 2.75) is 32.0 Å². The number of halogens is 2. The number of rotatable bonds is 6. The summed E-state index contributed by atoms with van der Waals surface area (Å²) in [5, 5.41) is 13.6. The summed E-state index contributed by atoms with van der Waals surface area (Å²) in [5.74, 6) is -0.950. The molecule has 2 N–H and O–H groups in total. The fourth-order valence-electron chi connectivity index (χ4n) is 3.21. The first-order valence-corrected chi connectivity index (χ1v) is 9.94. The number of amides is 1. The van der Waals surface area contributed by atoms with Crippen LogP contribution >= 0.6 is 11.6 Å². The number of aliphatic hydroxyl groups excluding tert-OH is 1. The third kappa shape index (κ3) is 4.30. The number of hydrogen-bond donors (Lipinski definition) is 2. The molecule has 0 spiro atoms. The van der Waals surface area contributed by atoms with Crippen LogP contribution in [-0.2, 0) is 4.74 Å². The number of cyclic esters (lactones) is 1. The molecule has 1 unspecified atom stereocenters. The number of carbonyl (C=O) groups excluding carboxylic acids is 1. The molecule has 1 aliphatic heterocycles. The Balaban J connectivity index is 1.54. The van der Waals surface area contributed by atoms with E-state index in [1.807, 2.05) is 29.8 Å². The van der Waals surface area contributed by atoms with E-state index in [0.29, 0.717) is 10.7 Å². The molecular formula is C20H20ClFN6O3. The van der Waals surface area contributed by atoms with Crippen molar-refractivity contribution in [1.29, 1.82) is 0 Å². The topological polar surface area (TPSA) is 105 Å². The number of benzene rings is 1. The van der Waals surface area contributed by atoms with Crippen LogP contribution in [0.1, 0.15) is 25.6 Å². The van der Waals surface area contributed by atoms with Crippen LogP contribution in [-0.4, -0.2) is 49.5 Å². The molecule has 3 atom stereocenters. The average molecular weight is 447 g/mol. The quantitative estimate of drug-likeness (QED) is 0.598. The van der Waals surface area contributed by atoms with Gasteiger partial charge in [0.2, 0.25) is 5.95 Å². The molecular weight excluding hydrogens is 427 g/mol. The highest BCUT2D eigenvalue weighted by Crippen LogP contribution is 2.27. The van der Waals surface area contributed by atoms with E-state index in [9.17, 15) is 14.3 Å². The van der Waals surface area contributed by atoms with E-state index in [-0.39, 0.29) is 24.4 Å². The summed E-state index contributed by atoms with van der Waals surface area (Å²) in [5.41, 5.74) is 1.60. The van der Waals surface area contributed by atoms with Crippen LogP contribution in [0.3, 0.4) is 0 Å². The molecule has 0 saturated carbocycles. The number of nitrogens with one attached hydrogen (secondary N) is 1. The molecule has 0 radical (unpaired) electrons. The number of nitrogens with zero attached hydrogens (tertiary/aromatic N) is 5. The van der Waals surface area contributed by atoms with Crippen molar-refractivity contribution >= 4 is 29.5 Å². The number of aromatic nitrogens is 4. The third-order valence-electron chi connectivity index (χ3n) is 4.93. The van der Waals surface area contributed by atoms with Crippen LogP contribution in [0.4, 0.5) is 21.0 Å². The summed E-state index contributed by atoms with van der Waals surface area (Å²) in [7, 11) is 0. The SMILES string of the molecule is C[C@H](Nc1ncc(F)c(N2C(=O)OCC2[C@@H](C)O)n1)c1cn(-c2ccc(Cl)cc2)cn1. The molecule has 1 amide bonds. The Hall–Kier alpha value is -3.24. The Morgan fingerprint density at radius 1 is 1.29 bits per heavy atom. The lowest BCUT2D eigenvalue weighted by Crippen LogP contribution is -2.42. The van der Waals surface area contributed by atoms with Gasteiger partial charge in [0, 0.05) is 16.9 Å². The van der Waals surface area contributed by atoms with Crippen LogP contribution in [0, 0.1) is 5.82 Å². The van der Waals surface area contributed by atoms with Gasteiger partial charge >= 0.3 is 6.09 Å². The Kier molecular flexibility index (Phi) is 5.75. The summed E-state index contributed by atoms with van der Waals surface area (Å²) in [6.07, 6.45) is 2.78. The van der Waals surface area contributed by atoms with Gasteiger partial charge in [0.15, 0.2) is 11.6 Å². The monoisotopic (exact) mass is 446 g/mol. The zero-order valence-corrected chi connectivity index (χ0v) is 17.5. The van der Waals surface area contributed by atoms with Crippen molar-refractivity contribution in [3.63, 3.8) is 0 Å². The number of ether oxygens (including phenoxy) is 1. The average Bonchev–Trinajstić information content (AvgIpc) is 3.37. The minimum Gasteiger partial charge on any atom is -0.447 e. The van der Waals surface area contributed by atoms with Gasteiger partial charge in [0.25, 0.3) is 0 Å². The van der Waals surface area contributed by atoms with Crippen molar-refractivity contribution in [2.24, 2.45) is 0 Å². The van der Waals surface area contributed by atoms with Crippen molar-refractivity contribution in [2.75, 3.05) is 16.8 Å². The highest BCUT2D eigenvalue weighted by atomic mass is 35.5. The fraction of sp³-hybridized carbons (Fsp3) is 0.300. The highest BCUT2D eigenvalue weighted by Gasteiger charge is 2.39. The molecule has 1 aliphatic rings. The summed E-state index contributed by atoms with van der Waals surface area (Å²) in [6.45, 7) is 3.29. The normalized spacial score (nSPS) is 18.0. The number of hydrogen-bond acceptors (Lipinski definition) is 7. The van der Waals surface area contributed by atoms with Gasteiger partial charge in [-0.3, -0.25) is 0 Å². The molecule has 4 rings (SSSR count). The van der Waals surface area contributed by atoms with Crippen LogP contribution in [0.2, 0.25) is 5.02 Å². The first kappa shape index (κ1) is 21.0. The van der Waals surface area contributed by atoms with Crippen molar-refractivity contribution in [3.8, 4) is 5.69 Å². The number of anilines is 2. The predicted molar refractivity (Wildman–Crippen MR) is 112 cm³/mol. The minimum atomic E-state index is -0.923.